The standard InChI is InChI=1S/C30H26ClF2N5O2/c31-22-7-6-21(24(32)13-22)17-40-30-35-15-25(33)29(37-30)20-4-1-18(2-5-20)12-28-36-26-11-19(14-34)3-8-27(26)38(28)16-23-9-10-39-23/h3-4,6-8,11,13,15,18,23H,1-2,5,9-10,12,16-17H2. The maximum atomic E-state index is 14.7. The van der Waals surface area contributed by atoms with Crippen LogP contribution in [-0.4, -0.2) is 32.2 Å². The molecule has 204 valence electrons. The third kappa shape index (κ3) is 5.55. The van der Waals surface area contributed by atoms with Crippen molar-refractivity contribution in [3.05, 3.63) is 88.0 Å². The number of nitrogens with zero attached hydrogens (tertiary/aromatic N) is 5. The summed E-state index contributed by atoms with van der Waals surface area (Å²) in [6.45, 7) is 1.42. The average Bonchev–Trinajstić information content (AvgIpc) is 3.27. The van der Waals surface area contributed by atoms with Gasteiger partial charge < -0.3 is 14.0 Å². The highest BCUT2D eigenvalue weighted by Gasteiger charge is 2.25. The third-order valence-corrected chi connectivity index (χ3v) is 7.76. The van der Waals surface area contributed by atoms with Gasteiger partial charge in [-0.05, 0) is 67.5 Å². The van der Waals surface area contributed by atoms with Crippen molar-refractivity contribution in [2.24, 2.45) is 5.92 Å². The molecule has 1 saturated heterocycles. The number of benzene rings is 2. The number of hydrogen-bond donors (Lipinski definition) is 0. The molecule has 40 heavy (non-hydrogen) atoms. The van der Waals surface area contributed by atoms with Crippen molar-refractivity contribution in [1.82, 2.24) is 19.5 Å². The van der Waals surface area contributed by atoms with Gasteiger partial charge in [-0.1, -0.05) is 23.7 Å². The van der Waals surface area contributed by atoms with E-state index < -0.39 is 11.6 Å². The van der Waals surface area contributed by atoms with Crippen LogP contribution in [0.25, 0.3) is 16.6 Å². The normalized spacial score (nSPS) is 18.7. The van der Waals surface area contributed by atoms with E-state index in [1.54, 1.807) is 6.07 Å². The summed E-state index contributed by atoms with van der Waals surface area (Å²) in [6, 6.07) is 12.1. The summed E-state index contributed by atoms with van der Waals surface area (Å²) >= 11 is 5.81. The largest absolute Gasteiger partial charge is 0.458 e. The van der Waals surface area contributed by atoms with E-state index in [4.69, 9.17) is 26.1 Å². The van der Waals surface area contributed by atoms with Crippen LogP contribution >= 0.6 is 11.6 Å². The molecule has 0 radical (unpaired) electrons. The highest BCUT2D eigenvalue weighted by atomic mass is 35.5. The zero-order valence-electron chi connectivity index (χ0n) is 21.6. The Bertz CT molecular complexity index is 1640. The smallest absolute Gasteiger partial charge is 0.317 e. The number of fused-ring (bicyclic) bond motifs is 1. The summed E-state index contributed by atoms with van der Waals surface area (Å²) in [5, 5.41) is 9.60. The van der Waals surface area contributed by atoms with E-state index in [1.807, 2.05) is 24.3 Å². The maximum absolute atomic E-state index is 14.7. The van der Waals surface area contributed by atoms with Crippen LogP contribution in [0.3, 0.4) is 0 Å². The molecule has 2 aromatic heterocycles. The summed E-state index contributed by atoms with van der Waals surface area (Å²) in [5.41, 5.74) is 3.71. The Morgan fingerprint density at radius 2 is 2.00 bits per heavy atom. The zero-order valence-corrected chi connectivity index (χ0v) is 22.4. The van der Waals surface area contributed by atoms with Gasteiger partial charge in [0, 0.05) is 23.6 Å². The van der Waals surface area contributed by atoms with Crippen molar-refractivity contribution in [1.29, 1.82) is 5.26 Å². The van der Waals surface area contributed by atoms with Gasteiger partial charge in [-0.15, -0.1) is 0 Å². The quantitative estimate of drug-likeness (QED) is 0.247. The Hall–Kier alpha value is -3.87. The first-order valence-electron chi connectivity index (χ1n) is 13.3. The predicted octanol–water partition coefficient (Wildman–Crippen LogP) is 6.42. The lowest BCUT2D eigenvalue weighted by molar-refractivity contribution is -0.0590. The Balaban J connectivity index is 1.16. The number of rotatable bonds is 8. The number of imidazole rings is 1. The van der Waals surface area contributed by atoms with E-state index in [0.717, 1.165) is 67.5 Å². The Morgan fingerprint density at radius 1 is 1.12 bits per heavy atom. The fourth-order valence-corrected chi connectivity index (χ4v) is 5.37. The first-order valence-corrected chi connectivity index (χ1v) is 13.6. The molecule has 6 rings (SSSR count). The number of hydrogen-bond acceptors (Lipinski definition) is 6. The monoisotopic (exact) mass is 561 g/mol. The zero-order chi connectivity index (χ0) is 27.6. The molecule has 2 aromatic carbocycles. The van der Waals surface area contributed by atoms with E-state index in [9.17, 15) is 14.0 Å². The van der Waals surface area contributed by atoms with Gasteiger partial charge in [0.1, 0.15) is 23.9 Å². The van der Waals surface area contributed by atoms with Crippen molar-refractivity contribution in [2.75, 3.05) is 6.61 Å². The van der Waals surface area contributed by atoms with Crippen molar-refractivity contribution in [2.45, 2.75) is 51.4 Å². The summed E-state index contributed by atoms with van der Waals surface area (Å²) in [7, 11) is 0. The molecule has 2 atom stereocenters. The van der Waals surface area contributed by atoms with E-state index in [2.05, 4.69) is 20.6 Å². The lowest BCUT2D eigenvalue weighted by Crippen LogP contribution is -2.32. The van der Waals surface area contributed by atoms with Crippen molar-refractivity contribution >= 4 is 28.2 Å². The minimum atomic E-state index is -0.523. The number of allylic oxidation sites excluding steroid dienone is 2. The van der Waals surface area contributed by atoms with Gasteiger partial charge in [0.05, 0.1) is 41.5 Å². The summed E-state index contributed by atoms with van der Waals surface area (Å²) in [4.78, 5) is 13.1. The fourth-order valence-electron chi connectivity index (χ4n) is 5.21. The van der Waals surface area contributed by atoms with Gasteiger partial charge in [-0.2, -0.15) is 10.2 Å². The fraction of sp³-hybridized carbons (Fsp3) is 0.333. The Morgan fingerprint density at radius 3 is 2.73 bits per heavy atom. The first-order chi connectivity index (χ1) is 19.5. The molecule has 1 aliphatic carbocycles. The minimum absolute atomic E-state index is 0.0163. The number of aromatic nitrogens is 4. The number of nitriles is 1. The molecule has 0 spiro atoms. The third-order valence-electron chi connectivity index (χ3n) is 7.52. The highest BCUT2D eigenvalue weighted by Crippen LogP contribution is 2.34. The van der Waals surface area contributed by atoms with Gasteiger partial charge in [-0.25, -0.2) is 18.7 Å². The van der Waals surface area contributed by atoms with E-state index in [1.165, 1.54) is 12.1 Å². The second-order valence-corrected chi connectivity index (χ2v) is 10.6. The second-order valence-electron chi connectivity index (χ2n) is 10.2. The molecule has 0 saturated carbocycles. The van der Waals surface area contributed by atoms with Crippen molar-refractivity contribution < 1.29 is 18.3 Å². The number of ether oxygens (including phenoxy) is 2. The van der Waals surface area contributed by atoms with E-state index in [0.29, 0.717) is 28.5 Å². The van der Waals surface area contributed by atoms with E-state index in [-0.39, 0.29) is 24.4 Å². The van der Waals surface area contributed by atoms with Crippen LogP contribution in [-0.2, 0) is 24.3 Å². The second kappa shape index (κ2) is 11.3. The molecular formula is C30H26ClF2N5O2. The van der Waals surface area contributed by atoms with Crippen LogP contribution in [0.4, 0.5) is 8.78 Å². The molecule has 7 nitrogen and oxygen atoms in total. The lowest BCUT2D eigenvalue weighted by atomic mass is 9.86. The molecule has 0 amide bonds. The van der Waals surface area contributed by atoms with Crippen LogP contribution in [0.5, 0.6) is 6.01 Å². The van der Waals surface area contributed by atoms with Crippen LogP contribution in [0.2, 0.25) is 5.02 Å². The SMILES string of the molecule is N#Cc1ccc2c(c1)nc(CC1CC=C(c3nc(OCc4ccc(Cl)cc4F)ncc3F)CC1)n2CC1CCO1. The van der Waals surface area contributed by atoms with Gasteiger partial charge in [-0.3, -0.25) is 0 Å². The topological polar surface area (TPSA) is 85.9 Å². The molecule has 3 heterocycles. The Kier molecular flexibility index (Phi) is 7.46. The predicted molar refractivity (Wildman–Crippen MR) is 146 cm³/mol. The van der Waals surface area contributed by atoms with Gasteiger partial charge >= 0.3 is 6.01 Å². The van der Waals surface area contributed by atoms with Crippen molar-refractivity contribution in [3.63, 3.8) is 0 Å². The molecule has 0 bridgehead atoms. The highest BCUT2D eigenvalue weighted by molar-refractivity contribution is 6.30. The summed E-state index contributed by atoms with van der Waals surface area (Å²) in [6.07, 6.45) is 7.31. The van der Waals surface area contributed by atoms with Crippen LogP contribution in [0.1, 0.15) is 48.3 Å². The summed E-state index contributed by atoms with van der Waals surface area (Å²) < 4.78 is 42.3. The molecule has 1 fully saturated rings. The minimum Gasteiger partial charge on any atom is -0.458 e. The molecule has 2 unspecified atom stereocenters. The number of halogens is 3. The van der Waals surface area contributed by atoms with Gasteiger partial charge in [0.25, 0.3) is 0 Å². The molecule has 4 aromatic rings. The maximum Gasteiger partial charge on any atom is 0.317 e. The van der Waals surface area contributed by atoms with Crippen molar-refractivity contribution in [3.8, 4) is 12.1 Å². The molecular weight excluding hydrogens is 536 g/mol. The molecule has 10 heteroatoms. The average molecular weight is 562 g/mol. The van der Waals surface area contributed by atoms with Crippen LogP contribution in [0, 0.1) is 28.9 Å². The first kappa shape index (κ1) is 26.4. The molecule has 2 aliphatic rings. The van der Waals surface area contributed by atoms with Gasteiger partial charge in [0.2, 0.25) is 0 Å². The van der Waals surface area contributed by atoms with Crippen LogP contribution in [0.15, 0.2) is 48.7 Å². The van der Waals surface area contributed by atoms with Gasteiger partial charge in [0.15, 0.2) is 5.82 Å². The Labute approximate surface area is 235 Å². The van der Waals surface area contributed by atoms with E-state index >= 15 is 0 Å². The summed E-state index contributed by atoms with van der Waals surface area (Å²) in [5.74, 6) is 0.284. The molecule has 1 aliphatic heterocycles. The van der Waals surface area contributed by atoms with Crippen LogP contribution < -0.4 is 4.74 Å². The lowest BCUT2D eigenvalue weighted by Gasteiger charge is -2.28. The molecule has 0 N–H and O–H groups in total.